The average Bonchev–Trinajstić information content (AvgIpc) is 2.48. The highest BCUT2D eigenvalue weighted by Crippen LogP contribution is 2.26. The molecular weight excluding hydrogens is 294 g/mol. The number of ether oxygens (including phenoxy) is 1. The Hall–Kier alpha value is -2.26. The van der Waals surface area contributed by atoms with E-state index in [4.69, 9.17) is 4.74 Å². The van der Waals surface area contributed by atoms with Gasteiger partial charge in [0.05, 0.1) is 19.5 Å². The number of sulfonamides is 1. The summed E-state index contributed by atoms with van der Waals surface area (Å²) in [6.45, 7) is 0.538. The third-order valence-electron chi connectivity index (χ3n) is 2.61. The summed E-state index contributed by atoms with van der Waals surface area (Å²) < 4.78 is 32.2. The Morgan fingerprint density at radius 3 is 2.71 bits per heavy atom. The Kier molecular flexibility index (Phi) is 4.66. The average molecular weight is 309 g/mol. The fourth-order valence-corrected chi connectivity index (χ4v) is 2.88. The van der Waals surface area contributed by atoms with E-state index in [9.17, 15) is 8.42 Å². The molecule has 0 aliphatic heterocycles. The number of anilines is 1. The zero-order valence-corrected chi connectivity index (χ0v) is 12.4. The predicted molar refractivity (Wildman–Crippen MR) is 76.4 cm³/mol. The first-order valence-corrected chi connectivity index (χ1v) is 7.53. The number of nitrogens with zero attached hydrogens (tertiary/aromatic N) is 3. The van der Waals surface area contributed by atoms with Crippen LogP contribution in [0, 0.1) is 0 Å². The van der Waals surface area contributed by atoms with E-state index in [-0.39, 0.29) is 16.6 Å². The highest BCUT2D eigenvalue weighted by atomic mass is 32.2. The van der Waals surface area contributed by atoms with Crippen molar-refractivity contribution in [2.75, 3.05) is 18.9 Å². The summed E-state index contributed by atoms with van der Waals surface area (Å²) in [5.41, 5.74) is 0.811. The van der Waals surface area contributed by atoms with E-state index in [0.717, 1.165) is 5.56 Å². The molecule has 0 saturated heterocycles. The van der Waals surface area contributed by atoms with E-state index in [1.165, 1.54) is 25.6 Å². The first-order chi connectivity index (χ1) is 10.1. The lowest BCUT2D eigenvalue weighted by Gasteiger charge is -2.12. The molecule has 0 bridgehead atoms. The number of hydrogen-bond donors (Lipinski definition) is 2. The molecule has 0 atom stereocenters. The van der Waals surface area contributed by atoms with E-state index >= 15 is 0 Å². The van der Waals surface area contributed by atoms with Gasteiger partial charge >= 0.3 is 0 Å². The predicted octanol–water partition coefficient (Wildman–Crippen LogP) is 0.400. The van der Waals surface area contributed by atoms with Crippen molar-refractivity contribution >= 4 is 16.0 Å². The maximum absolute atomic E-state index is 12.4. The second kappa shape index (κ2) is 6.46. The first kappa shape index (κ1) is 15.1. The molecule has 0 aliphatic carbocycles. The minimum atomic E-state index is -3.86. The van der Waals surface area contributed by atoms with Gasteiger partial charge in [-0.05, 0) is 24.7 Å². The molecule has 8 nitrogen and oxygen atoms in total. The van der Waals surface area contributed by atoms with E-state index in [2.05, 4.69) is 25.2 Å². The lowest BCUT2D eigenvalue weighted by molar-refractivity contribution is 0.402. The summed E-state index contributed by atoms with van der Waals surface area (Å²) in [5, 5.41) is 10.1. The monoisotopic (exact) mass is 309 g/mol. The van der Waals surface area contributed by atoms with Gasteiger partial charge < -0.3 is 10.1 Å². The number of benzene rings is 1. The van der Waals surface area contributed by atoms with Crippen LogP contribution in [0.25, 0.3) is 0 Å². The quantitative estimate of drug-likeness (QED) is 0.795. The Balaban J connectivity index is 2.40. The molecule has 0 amide bonds. The van der Waals surface area contributed by atoms with Crippen molar-refractivity contribution in [2.24, 2.45) is 0 Å². The van der Waals surface area contributed by atoms with Gasteiger partial charge in [-0.1, -0.05) is 6.07 Å². The fraction of sp³-hybridized carbons (Fsp3) is 0.250. The number of methoxy groups -OCH3 is 1. The Labute approximate surface area is 122 Å². The molecule has 0 aliphatic rings. The van der Waals surface area contributed by atoms with Crippen LogP contribution in [0.3, 0.4) is 0 Å². The summed E-state index contributed by atoms with van der Waals surface area (Å²) in [6, 6.07) is 4.92. The molecule has 1 aromatic heterocycles. The van der Waals surface area contributed by atoms with Gasteiger partial charge in [-0.15, -0.1) is 5.10 Å². The van der Waals surface area contributed by atoms with Gasteiger partial charge in [-0.3, -0.25) is 0 Å². The van der Waals surface area contributed by atoms with Gasteiger partial charge in [0, 0.05) is 6.54 Å². The highest BCUT2D eigenvalue weighted by molar-refractivity contribution is 7.92. The summed E-state index contributed by atoms with van der Waals surface area (Å²) in [5.74, 6) is 0.143. The normalized spacial score (nSPS) is 11.1. The molecule has 0 saturated carbocycles. The maximum atomic E-state index is 12.4. The van der Waals surface area contributed by atoms with Crippen molar-refractivity contribution in [3.63, 3.8) is 0 Å². The van der Waals surface area contributed by atoms with Crippen LogP contribution in [-0.4, -0.2) is 37.8 Å². The summed E-state index contributed by atoms with van der Waals surface area (Å²) in [6.07, 6.45) is 2.70. The largest absolute Gasteiger partial charge is 0.495 e. The molecule has 2 aromatic rings. The molecule has 1 heterocycles. The van der Waals surface area contributed by atoms with Crippen LogP contribution in [-0.2, 0) is 16.6 Å². The molecule has 112 valence electrons. The molecule has 2 N–H and O–H groups in total. The molecule has 2 rings (SSSR count). The van der Waals surface area contributed by atoms with Gasteiger partial charge in [0.15, 0.2) is 0 Å². The maximum Gasteiger partial charge on any atom is 0.267 e. The van der Waals surface area contributed by atoms with Crippen molar-refractivity contribution in [1.82, 2.24) is 20.5 Å². The molecule has 21 heavy (non-hydrogen) atoms. The minimum Gasteiger partial charge on any atom is -0.495 e. The zero-order chi connectivity index (χ0) is 15.3. The van der Waals surface area contributed by atoms with Crippen molar-refractivity contribution < 1.29 is 13.2 Å². The molecule has 0 spiro atoms. The van der Waals surface area contributed by atoms with E-state index in [1.54, 1.807) is 19.2 Å². The van der Waals surface area contributed by atoms with Gasteiger partial charge in [0.25, 0.3) is 16.0 Å². The van der Waals surface area contributed by atoms with Gasteiger partial charge in [-0.2, -0.15) is 5.10 Å². The van der Waals surface area contributed by atoms with Crippen molar-refractivity contribution in [3.05, 3.63) is 36.2 Å². The summed E-state index contributed by atoms with van der Waals surface area (Å²) in [4.78, 5) is 3.81. The summed E-state index contributed by atoms with van der Waals surface area (Å²) >= 11 is 0. The van der Waals surface area contributed by atoms with Crippen LogP contribution >= 0.6 is 0 Å². The number of aromatic nitrogens is 3. The number of rotatable bonds is 6. The Bertz CT molecular complexity index is 706. The smallest absolute Gasteiger partial charge is 0.267 e. The highest BCUT2D eigenvalue weighted by Gasteiger charge is 2.21. The molecule has 0 unspecified atom stereocenters. The molecule has 1 aromatic carbocycles. The number of hydrogen-bond acceptors (Lipinski definition) is 7. The van der Waals surface area contributed by atoms with Crippen LogP contribution in [0.1, 0.15) is 5.56 Å². The van der Waals surface area contributed by atoms with Crippen LogP contribution in [0.4, 0.5) is 5.95 Å². The lowest BCUT2D eigenvalue weighted by Crippen LogP contribution is -2.17. The van der Waals surface area contributed by atoms with Gasteiger partial charge in [0.1, 0.15) is 10.6 Å². The SMILES string of the molecule is CNCc1ccc(OC)c(S(=O)(=O)Nc2nccnn2)c1. The number of nitrogens with one attached hydrogen (secondary N) is 2. The van der Waals surface area contributed by atoms with Gasteiger partial charge in [0.2, 0.25) is 0 Å². The third-order valence-corrected chi connectivity index (χ3v) is 3.96. The lowest BCUT2D eigenvalue weighted by atomic mass is 10.2. The molecule has 0 radical (unpaired) electrons. The van der Waals surface area contributed by atoms with E-state index in [1.807, 2.05) is 0 Å². The van der Waals surface area contributed by atoms with Crippen LogP contribution in [0.15, 0.2) is 35.5 Å². The van der Waals surface area contributed by atoms with Crippen LogP contribution in [0.2, 0.25) is 0 Å². The van der Waals surface area contributed by atoms with Gasteiger partial charge in [-0.25, -0.2) is 18.1 Å². The van der Waals surface area contributed by atoms with E-state index in [0.29, 0.717) is 6.54 Å². The molecular formula is C12H15N5O3S. The summed E-state index contributed by atoms with van der Waals surface area (Å²) in [7, 11) is -0.677. The first-order valence-electron chi connectivity index (χ1n) is 6.05. The Morgan fingerprint density at radius 1 is 1.29 bits per heavy atom. The fourth-order valence-electron chi connectivity index (χ4n) is 1.71. The second-order valence-electron chi connectivity index (χ2n) is 4.09. The van der Waals surface area contributed by atoms with Crippen molar-refractivity contribution in [3.8, 4) is 5.75 Å². The molecule has 9 heteroatoms. The van der Waals surface area contributed by atoms with Crippen molar-refractivity contribution in [2.45, 2.75) is 11.4 Å². The van der Waals surface area contributed by atoms with E-state index < -0.39 is 10.0 Å². The second-order valence-corrected chi connectivity index (χ2v) is 5.74. The topological polar surface area (TPSA) is 106 Å². The van der Waals surface area contributed by atoms with Crippen LogP contribution < -0.4 is 14.8 Å². The van der Waals surface area contributed by atoms with Crippen molar-refractivity contribution in [1.29, 1.82) is 0 Å². The van der Waals surface area contributed by atoms with Crippen LogP contribution in [0.5, 0.6) is 5.75 Å². The Morgan fingerprint density at radius 2 is 2.10 bits per heavy atom. The minimum absolute atomic E-state index is 0.0187. The third kappa shape index (κ3) is 3.64. The molecule has 0 fully saturated rings. The zero-order valence-electron chi connectivity index (χ0n) is 11.6. The standard InChI is InChI=1S/C12H15N5O3S/c1-13-8-9-3-4-10(20-2)11(7-9)21(18,19)17-12-14-5-6-15-16-12/h3-7,13H,8H2,1-2H3,(H,14,16,17).